The predicted molar refractivity (Wildman–Crippen MR) is 75.6 cm³/mol. The van der Waals surface area contributed by atoms with Crippen LogP contribution in [-0.4, -0.2) is 26.1 Å². The Balaban J connectivity index is 1.78. The van der Waals surface area contributed by atoms with Gasteiger partial charge in [0.15, 0.2) is 5.79 Å². The van der Waals surface area contributed by atoms with E-state index in [1.807, 2.05) is 19.1 Å². The van der Waals surface area contributed by atoms with Gasteiger partial charge in [-0.25, -0.2) is 0 Å². The third-order valence-corrected chi connectivity index (χ3v) is 3.85. The molecule has 3 nitrogen and oxygen atoms in total. The van der Waals surface area contributed by atoms with E-state index in [1.54, 1.807) is 7.11 Å². The summed E-state index contributed by atoms with van der Waals surface area (Å²) in [6.45, 7) is 5.76. The van der Waals surface area contributed by atoms with E-state index in [-0.39, 0.29) is 5.79 Å². The molecule has 1 atom stereocenters. The van der Waals surface area contributed by atoms with Crippen LogP contribution >= 0.6 is 0 Å². The largest absolute Gasteiger partial charge is 0.497 e. The maximum atomic E-state index is 5.62. The molecule has 1 aromatic rings. The van der Waals surface area contributed by atoms with E-state index in [2.05, 4.69) is 19.1 Å². The van der Waals surface area contributed by atoms with Crippen molar-refractivity contribution in [1.29, 1.82) is 0 Å². The molecule has 0 aliphatic carbocycles. The number of methoxy groups -OCH3 is 1. The van der Waals surface area contributed by atoms with Crippen molar-refractivity contribution in [2.45, 2.75) is 44.8 Å². The van der Waals surface area contributed by atoms with Crippen LogP contribution in [0.5, 0.6) is 5.75 Å². The molecule has 1 heterocycles. The first-order chi connectivity index (χ1) is 9.13. The molecule has 0 bridgehead atoms. The Morgan fingerprint density at radius 3 is 2.42 bits per heavy atom. The number of hydrogen-bond donors (Lipinski definition) is 0. The first kappa shape index (κ1) is 14.4. The normalized spacial score (nSPS) is 19.3. The average Bonchev–Trinajstić information content (AvgIpc) is 2.86. The third kappa shape index (κ3) is 3.95. The summed E-state index contributed by atoms with van der Waals surface area (Å²) in [7, 11) is 1.70. The SMILES string of the molecule is COc1ccc(C(C)CCCC2(C)OCCO2)cc1. The van der Waals surface area contributed by atoms with E-state index in [1.165, 1.54) is 5.56 Å². The molecule has 1 saturated heterocycles. The summed E-state index contributed by atoms with van der Waals surface area (Å²) < 4.78 is 16.4. The van der Waals surface area contributed by atoms with Gasteiger partial charge in [-0.2, -0.15) is 0 Å². The molecule has 106 valence electrons. The summed E-state index contributed by atoms with van der Waals surface area (Å²) in [6, 6.07) is 8.34. The number of benzene rings is 1. The van der Waals surface area contributed by atoms with Crippen molar-refractivity contribution >= 4 is 0 Å². The zero-order valence-corrected chi connectivity index (χ0v) is 12.1. The first-order valence-corrected chi connectivity index (χ1v) is 7.05. The average molecular weight is 264 g/mol. The highest BCUT2D eigenvalue weighted by molar-refractivity contribution is 5.28. The van der Waals surface area contributed by atoms with Gasteiger partial charge in [0, 0.05) is 6.42 Å². The Kier molecular flexibility index (Phi) is 4.83. The van der Waals surface area contributed by atoms with Crippen LogP contribution in [0.1, 0.15) is 44.6 Å². The second-order valence-corrected chi connectivity index (χ2v) is 5.40. The molecule has 1 unspecified atom stereocenters. The van der Waals surface area contributed by atoms with E-state index in [4.69, 9.17) is 14.2 Å². The minimum atomic E-state index is -0.348. The highest BCUT2D eigenvalue weighted by Crippen LogP contribution is 2.29. The van der Waals surface area contributed by atoms with E-state index in [9.17, 15) is 0 Å². The van der Waals surface area contributed by atoms with Crippen LogP contribution in [0, 0.1) is 0 Å². The van der Waals surface area contributed by atoms with Gasteiger partial charge in [0.25, 0.3) is 0 Å². The first-order valence-electron chi connectivity index (χ1n) is 7.05. The summed E-state index contributed by atoms with van der Waals surface area (Å²) in [5, 5.41) is 0. The zero-order chi connectivity index (χ0) is 13.7. The predicted octanol–water partition coefficient (Wildman–Crippen LogP) is 3.73. The minimum Gasteiger partial charge on any atom is -0.497 e. The van der Waals surface area contributed by atoms with Crippen LogP contribution < -0.4 is 4.74 Å². The topological polar surface area (TPSA) is 27.7 Å². The third-order valence-electron chi connectivity index (χ3n) is 3.85. The van der Waals surface area contributed by atoms with E-state index in [0.717, 1.165) is 38.2 Å². The van der Waals surface area contributed by atoms with Crippen molar-refractivity contribution in [2.24, 2.45) is 0 Å². The highest BCUT2D eigenvalue weighted by Gasteiger charge is 2.30. The van der Waals surface area contributed by atoms with Crippen molar-refractivity contribution in [2.75, 3.05) is 20.3 Å². The lowest BCUT2D eigenvalue weighted by Gasteiger charge is -2.23. The Morgan fingerprint density at radius 2 is 1.84 bits per heavy atom. The minimum absolute atomic E-state index is 0.348. The monoisotopic (exact) mass is 264 g/mol. The molecule has 0 aromatic heterocycles. The van der Waals surface area contributed by atoms with Gasteiger partial charge in [-0.3, -0.25) is 0 Å². The zero-order valence-electron chi connectivity index (χ0n) is 12.1. The van der Waals surface area contributed by atoms with E-state index in [0.29, 0.717) is 5.92 Å². The number of hydrogen-bond acceptors (Lipinski definition) is 3. The van der Waals surface area contributed by atoms with Crippen LogP contribution in [0.4, 0.5) is 0 Å². The molecular weight excluding hydrogens is 240 g/mol. The fourth-order valence-electron chi connectivity index (χ4n) is 2.53. The molecule has 0 saturated carbocycles. The molecule has 19 heavy (non-hydrogen) atoms. The summed E-state index contributed by atoms with van der Waals surface area (Å²) in [5.74, 6) is 1.12. The van der Waals surface area contributed by atoms with Crippen LogP contribution in [0.3, 0.4) is 0 Å². The fourth-order valence-corrected chi connectivity index (χ4v) is 2.53. The van der Waals surface area contributed by atoms with E-state index < -0.39 is 0 Å². The molecule has 1 aliphatic heterocycles. The maximum Gasteiger partial charge on any atom is 0.165 e. The van der Waals surface area contributed by atoms with Crippen molar-refractivity contribution in [3.63, 3.8) is 0 Å². The summed E-state index contributed by atoms with van der Waals surface area (Å²) in [5.41, 5.74) is 1.36. The fraction of sp³-hybridized carbons (Fsp3) is 0.625. The van der Waals surface area contributed by atoms with Gasteiger partial charge in [-0.05, 0) is 43.4 Å². The maximum absolute atomic E-state index is 5.62. The molecule has 0 spiro atoms. The second-order valence-electron chi connectivity index (χ2n) is 5.40. The number of ether oxygens (including phenoxy) is 3. The molecular formula is C16H24O3. The van der Waals surface area contributed by atoms with E-state index >= 15 is 0 Å². The summed E-state index contributed by atoms with van der Waals surface area (Å²) in [4.78, 5) is 0. The molecule has 3 heteroatoms. The summed E-state index contributed by atoms with van der Waals surface area (Å²) in [6.07, 6.45) is 3.23. The lowest BCUT2D eigenvalue weighted by molar-refractivity contribution is -0.147. The van der Waals surface area contributed by atoms with Gasteiger partial charge in [0.05, 0.1) is 20.3 Å². The van der Waals surface area contributed by atoms with Crippen LogP contribution in [0.25, 0.3) is 0 Å². The molecule has 1 fully saturated rings. The standard InChI is InChI=1S/C16H24O3/c1-13(14-6-8-15(17-3)9-7-14)5-4-10-16(2)18-11-12-19-16/h6-9,13H,4-5,10-12H2,1-3H3. The van der Waals surface area contributed by atoms with Crippen molar-refractivity contribution < 1.29 is 14.2 Å². The Bertz CT molecular complexity index is 379. The van der Waals surface area contributed by atoms with Gasteiger partial charge in [0.1, 0.15) is 5.75 Å². The quantitative estimate of drug-likeness (QED) is 0.783. The van der Waals surface area contributed by atoms with Gasteiger partial charge in [-0.1, -0.05) is 19.1 Å². The highest BCUT2D eigenvalue weighted by atomic mass is 16.7. The number of rotatable bonds is 6. The second kappa shape index (κ2) is 6.40. The Labute approximate surface area is 115 Å². The van der Waals surface area contributed by atoms with Gasteiger partial charge in [-0.15, -0.1) is 0 Å². The van der Waals surface area contributed by atoms with Crippen molar-refractivity contribution in [3.8, 4) is 5.75 Å². The van der Waals surface area contributed by atoms with Crippen LogP contribution in [0.2, 0.25) is 0 Å². The Morgan fingerprint density at radius 1 is 1.21 bits per heavy atom. The lowest BCUT2D eigenvalue weighted by Crippen LogP contribution is -2.25. The van der Waals surface area contributed by atoms with Crippen molar-refractivity contribution in [1.82, 2.24) is 0 Å². The van der Waals surface area contributed by atoms with Crippen molar-refractivity contribution in [3.05, 3.63) is 29.8 Å². The smallest absolute Gasteiger partial charge is 0.165 e. The lowest BCUT2D eigenvalue weighted by atomic mass is 9.94. The molecule has 1 aromatic carbocycles. The molecule has 0 radical (unpaired) electrons. The van der Waals surface area contributed by atoms with Gasteiger partial charge < -0.3 is 14.2 Å². The molecule has 1 aliphatic rings. The van der Waals surface area contributed by atoms with Gasteiger partial charge >= 0.3 is 0 Å². The molecule has 0 amide bonds. The molecule has 0 N–H and O–H groups in total. The van der Waals surface area contributed by atoms with Crippen LogP contribution in [0.15, 0.2) is 24.3 Å². The summed E-state index contributed by atoms with van der Waals surface area (Å²) >= 11 is 0. The van der Waals surface area contributed by atoms with Gasteiger partial charge in [0.2, 0.25) is 0 Å². The van der Waals surface area contributed by atoms with Crippen LogP contribution in [-0.2, 0) is 9.47 Å². The molecule has 2 rings (SSSR count). The Hall–Kier alpha value is -1.06.